The summed E-state index contributed by atoms with van der Waals surface area (Å²) in [6.45, 7) is 14.4. The summed E-state index contributed by atoms with van der Waals surface area (Å²) in [7, 11) is 0. The molecule has 1 aliphatic heterocycles. The van der Waals surface area contributed by atoms with Crippen molar-refractivity contribution >= 4 is 5.91 Å². The van der Waals surface area contributed by atoms with Crippen LogP contribution in [-0.4, -0.2) is 46.9 Å². The monoisotopic (exact) mass is 398 g/mol. The Bertz CT molecular complexity index is 805. The molecule has 1 aliphatic rings. The van der Waals surface area contributed by atoms with E-state index in [1.165, 1.54) is 5.56 Å². The van der Waals surface area contributed by atoms with Gasteiger partial charge >= 0.3 is 0 Å². The van der Waals surface area contributed by atoms with E-state index in [1.807, 2.05) is 11.6 Å². The molecule has 0 saturated carbocycles. The quantitative estimate of drug-likeness (QED) is 0.743. The van der Waals surface area contributed by atoms with Crippen molar-refractivity contribution in [2.24, 2.45) is 5.92 Å². The Balaban J connectivity index is 1.50. The van der Waals surface area contributed by atoms with Crippen molar-refractivity contribution < 1.29 is 9.53 Å². The molecule has 1 aromatic heterocycles. The fourth-order valence-corrected chi connectivity index (χ4v) is 3.72. The van der Waals surface area contributed by atoms with Gasteiger partial charge in [-0.15, -0.1) is 0 Å². The highest BCUT2D eigenvalue weighted by atomic mass is 16.5. The maximum Gasteiger partial charge on any atom is 0.224 e. The number of morpholine rings is 1. The molecule has 0 spiro atoms. The van der Waals surface area contributed by atoms with Crippen LogP contribution >= 0.6 is 0 Å². The summed E-state index contributed by atoms with van der Waals surface area (Å²) in [5.74, 6) is 0.568. The molecular formula is C23H34N4O2. The lowest BCUT2D eigenvalue weighted by molar-refractivity contribution is -0.120. The van der Waals surface area contributed by atoms with Crippen LogP contribution in [-0.2, 0) is 35.6 Å². The van der Waals surface area contributed by atoms with E-state index in [1.54, 1.807) is 0 Å². The lowest BCUT2D eigenvalue weighted by Gasteiger charge is -2.26. The van der Waals surface area contributed by atoms with Crippen molar-refractivity contribution in [3.63, 3.8) is 0 Å². The van der Waals surface area contributed by atoms with E-state index in [9.17, 15) is 4.79 Å². The van der Waals surface area contributed by atoms with E-state index in [4.69, 9.17) is 4.74 Å². The highest BCUT2D eigenvalue weighted by Crippen LogP contribution is 2.15. The molecule has 1 N–H and O–H groups in total. The second-order valence-corrected chi connectivity index (χ2v) is 8.38. The molecule has 1 fully saturated rings. The van der Waals surface area contributed by atoms with Crippen molar-refractivity contribution in [3.8, 4) is 0 Å². The van der Waals surface area contributed by atoms with Gasteiger partial charge in [-0.25, -0.2) is 0 Å². The van der Waals surface area contributed by atoms with Crippen LogP contribution in [0.1, 0.15) is 41.9 Å². The molecular weight excluding hydrogens is 364 g/mol. The van der Waals surface area contributed by atoms with Gasteiger partial charge in [-0.05, 0) is 30.9 Å². The number of nitrogens with one attached hydrogen (secondary N) is 1. The molecule has 0 unspecified atom stereocenters. The van der Waals surface area contributed by atoms with Gasteiger partial charge in [0.1, 0.15) is 0 Å². The van der Waals surface area contributed by atoms with Crippen molar-refractivity contribution in [1.29, 1.82) is 0 Å². The number of carbonyl (C=O) groups excluding carboxylic acids is 1. The summed E-state index contributed by atoms with van der Waals surface area (Å²) >= 11 is 0. The molecule has 2 heterocycles. The minimum Gasteiger partial charge on any atom is -0.379 e. The lowest BCUT2D eigenvalue weighted by Crippen LogP contribution is -2.35. The first-order chi connectivity index (χ1) is 13.9. The van der Waals surface area contributed by atoms with Crippen molar-refractivity contribution in [3.05, 3.63) is 52.3 Å². The number of ether oxygens (including phenoxy) is 1. The molecule has 6 heteroatoms. The summed E-state index contributed by atoms with van der Waals surface area (Å²) in [6, 6.07) is 8.52. The summed E-state index contributed by atoms with van der Waals surface area (Å²) in [5, 5.41) is 7.65. The van der Waals surface area contributed by atoms with E-state index in [-0.39, 0.29) is 5.91 Å². The largest absolute Gasteiger partial charge is 0.379 e. The summed E-state index contributed by atoms with van der Waals surface area (Å²) in [4.78, 5) is 14.9. The molecule has 0 aliphatic carbocycles. The smallest absolute Gasteiger partial charge is 0.224 e. The van der Waals surface area contributed by atoms with Crippen LogP contribution < -0.4 is 5.32 Å². The number of hydrogen-bond donors (Lipinski definition) is 1. The fraction of sp³-hybridized carbons (Fsp3) is 0.565. The Morgan fingerprint density at radius 2 is 1.79 bits per heavy atom. The predicted octanol–water partition coefficient (Wildman–Crippen LogP) is 2.85. The number of benzene rings is 1. The maximum absolute atomic E-state index is 12.5. The SMILES string of the molecule is Cc1nn(CC(C)C)c(C)c1CC(=O)NCc1ccc(CN2CCOCC2)cc1. The number of carbonyl (C=O) groups is 1. The topological polar surface area (TPSA) is 59.4 Å². The number of rotatable bonds is 8. The third kappa shape index (κ3) is 6.15. The zero-order chi connectivity index (χ0) is 20.8. The summed E-state index contributed by atoms with van der Waals surface area (Å²) in [5.41, 5.74) is 5.51. The van der Waals surface area contributed by atoms with E-state index in [0.29, 0.717) is 18.9 Å². The lowest BCUT2D eigenvalue weighted by atomic mass is 10.1. The van der Waals surface area contributed by atoms with Crippen molar-refractivity contribution in [2.45, 2.75) is 53.8 Å². The van der Waals surface area contributed by atoms with Crippen LogP contribution in [0.25, 0.3) is 0 Å². The van der Waals surface area contributed by atoms with Crippen LogP contribution in [0.15, 0.2) is 24.3 Å². The van der Waals surface area contributed by atoms with Gasteiger partial charge in [0.25, 0.3) is 0 Å². The standard InChI is InChI=1S/C23H34N4O2/c1-17(2)15-27-19(4)22(18(3)25-27)13-23(28)24-14-20-5-7-21(8-6-20)16-26-9-11-29-12-10-26/h5-8,17H,9-16H2,1-4H3,(H,24,28). The van der Waals surface area contributed by atoms with Crippen LogP contribution in [0.4, 0.5) is 0 Å². The number of aryl methyl sites for hydroxylation is 1. The normalized spacial score (nSPS) is 15.1. The zero-order valence-corrected chi connectivity index (χ0v) is 18.2. The van der Waals surface area contributed by atoms with Gasteiger partial charge in [-0.1, -0.05) is 38.1 Å². The van der Waals surface area contributed by atoms with Crippen LogP contribution in [0.5, 0.6) is 0 Å². The van der Waals surface area contributed by atoms with Gasteiger partial charge in [0, 0.05) is 44.0 Å². The highest BCUT2D eigenvalue weighted by molar-refractivity contribution is 5.79. The maximum atomic E-state index is 12.5. The third-order valence-corrected chi connectivity index (χ3v) is 5.43. The van der Waals surface area contributed by atoms with Crippen LogP contribution in [0.3, 0.4) is 0 Å². The Labute approximate surface area is 174 Å². The Morgan fingerprint density at radius 1 is 1.14 bits per heavy atom. The van der Waals surface area contributed by atoms with Crippen LogP contribution in [0, 0.1) is 19.8 Å². The second kappa shape index (κ2) is 10.0. The third-order valence-electron chi connectivity index (χ3n) is 5.43. The van der Waals surface area contributed by atoms with Gasteiger partial charge in [0.2, 0.25) is 5.91 Å². The van der Waals surface area contributed by atoms with Crippen molar-refractivity contribution in [1.82, 2.24) is 20.0 Å². The number of nitrogens with zero attached hydrogens (tertiary/aromatic N) is 3. The first-order valence-electron chi connectivity index (χ1n) is 10.6. The second-order valence-electron chi connectivity index (χ2n) is 8.38. The molecule has 1 saturated heterocycles. The van der Waals surface area contributed by atoms with Gasteiger partial charge in [-0.3, -0.25) is 14.4 Å². The summed E-state index contributed by atoms with van der Waals surface area (Å²) < 4.78 is 7.42. The highest BCUT2D eigenvalue weighted by Gasteiger charge is 2.15. The summed E-state index contributed by atoms with van der Waals surface area (Å²) in [6.07, 6.45) is 0.380. The number of amides is 1. The van der Waals surface area contributed by atoms with Crippen LogP contribution in [0.2, 0.25) is 0 Å². The average Bonchev–Trinajstić information content (AvgIpc) is 2.95. The van der Waals surface area contributed by atoms with Gasteiger partial charge in [-0.2, -0.15) is 5.10 Å². The molecule has 0 bridgehead atoms. The minimum atomic E-state index is 0.0395. The Hall–Kier alpha value is -2.18. The Kier molecular flexibility index (Phi) is 7.45. The number of aromatic nitrogens is 2. The number of hydrogen-bond acceptors (Lipinski definition) is 4. The van der Waals surface area contributed by atoms with Gasteiger partial charge in [0.05, 0.1) is 25.3 Å². The molecule has 1 aromatic carbocycles. The first kappa shape index (κ1) is 21.5. The fourth-order valence-electron chi connectivity index (χ4n) is 3.72. The molecule has 2 aromatic rings. The Morgan fingerprint density at radius 3 is 2.45 bits per heavy atom. The molecule has 158 valence electrons. The molecule has 6 nitrogen and oxygen atoms in total. The molecule has 3 rings (SSSR count). The predicted molar refractivity (Wildman–Crippen MR) is 115 cm³/mol. The van der Waals surface area contributed by atoms with Crippen molar-refractivity contribution in [2.75, 3.05) is 26.3 Å². The molecule has 1 amide bonds. The van der Waals surface area contributed by atoms with E-state index >= 15 is 0 Å². The minimum absolute atomic E-state index is 0.0395. The van der Waals surface area contributed by atoms with E-state index in [2.05, 4.69) is 60.4 Å². The van der Waals surface area contributed by atoms with E-state index < -0.39 is 0 Å². The van der Waals surface area contributed by atoms with Gasteiger partial charge in [0.15, 0.2) is 0 Å². The molecule has 29 heavy (non-hydrogen) atoms. The van der Waals surface area contributed by atoms with E-state index in [0.717, 1.165) is 61.9 Å². The molecule has 0 atom stereocenters. The molecule has 0 radical (unpaired) electrons. The zero-order valence-electron chi connectivity index (χ0n) is 18.2. The van der Waals surface area contributed by atoms with Gasteiger partial charge < -0.3 is 10.1 Å². The average molecular weight is 399 g/mol. The first-order valence-corrected chi connectivity index (χ1v) is 10.6.